The summed E-state index contributed by atoms with van der Waals surface area (Å²) in [5, 5.41) is 0. The monoisotopic (exact) mass is 212 g/mol. The van der Waals surface area contributed by atoms with Gasteiger partial charge < -0.3 is 0 Å². The Morgan fingerprint density at radius 1 is 0.733 bits per heavy atom. The smallest absolute Gasteiger partial charge is 0.0354 e. The fourth-order valence-corrected chi connectivity index (χ4v) is 2.35. The molecule has 0 N–H and O–H groups in total. The summed E-state index contributed by atoms with van der Waals surface area (Å²) in [7, 11) is 0. The van der Waals surface area contributed by atoms with E-state index in [0.29, 0.717) is 5.41 Å². The third kappa shape index (κ3) is 7.88. The lowest BCUT2D eigenvalue weighted by molar-refractivity contribution is 0.205. The largest absolute Gasteiger partial charge is 0.0654 e. The normalized spacial score (nSPS) is 14.2. The molecule has 0 spiro atoms. The van der Waals surface area contributed by atoms with Crippen LogP contribution in [-0.2, 0) is 0 Å². The molecule has 0 nitrogen and oxygen atoms in total. The summed E-state index contributed by atoms with van der Waals surface area (Å²) in [6.45, 7) is 11.8. The van der Waals surface area contributed by atoms with E-state index in [2.05, 4.69) is 34.6 Å². The standard InChI is InChI=1S/C15H32/c1-6-8-9-10-11-13-14(12-7-2)15(3,4)5/h14H,6-13H2,1-5H3. The van der Waals surface area contributed by atoms with Gasteiger partial charge >= 0.3 is 0 Å². The maximum atomic E-state index is 2.40. The highest BCUT2D eigenvalue weighted by Gasteiger charge is 2.22. The highest BCUT2D eigenvalue weighted by molar-refractivity contribution is 4.73. The Kier molecular flexibility index (Phi) is 8.19. The summed E-state index contributed by atoms with van der Waals surface area (Å²) in [6, 6.07) is 0. The van der Waals surface area contributed by atoms with Gasteiger partial charge in [0, 0.05) is 0 Å². The maximum Gasteiger partial charge on any atom is -0.0354 e. The van der Waals surface area contributed by atoms with Crippen LogP contribution in [0.4, 0.5) is 0 Å². The van der Waals surface area contributed by atoms with Crippen molar-refractivity contribution < 1.29 is 0 Å². The fraction of sp³-hybridized carbons (Fsp3) is 1.00. The first-order chi connectivity index (χ1) is 7.02. The molecule has 0 saturated heterocycles. The van der Waals surface area contributed by atoms with Crippen molar-refractivity contribution in [1.82, 2.24) is 0 Å². The van der Waals surface area contributed by atoms with E-state index in [1.165, 1.54) is 51.4 Å². The van der Waals surface area contributed by atoms with Gasteiger partial charge in [0.05, 0.1) is 0 Å². The molecule has 0 bridgehead atoms. The average Bonchev–Trinajstić information content (AvgIpc) is 2.14. The molecule has 0 aliphatic carbocycles. The van der Waals surface area contributed by atoms with Crippen LogP contribution in [0, 0.1) is 11.3 Å². The van der Waals surface area contributed by atoms with Crippen molar-refractivity contribution in [2.24, 2.45) is 11.3 Å². The Morgan fingerprint density at radius 3 is 1.80 bits per heavy atom. The van der Waals surface area contributed by atoms with Crippen LogP contribution in [0.25, 0.3) is 0 Å². The SMILES string of the molecule is CCCCCCCC(CCC)C(C)(C)C. The predicted octanol–water partition coefficient (Wildman–Crippen LogP) is 5.81. The molecule has 0 amide bonds. The molecule has 0 aromatic rings. The molecule has 0 aliphatic heterocycles. The first-order valence-corrected chi connectivity index (χ1v) is 7.02. The number of rotatable bonds is 8. The molecule has 0 saturated carbocycles. The van der Waals surface area contributed by atoms with Gasteiger partial charge in [-0.15, -0.1) is 0 Å². The van der Waals surface area contributed by atoms with Crippen molar-refractivity contribution >= 4 is 0 Å². The summed E-state index contributed by atoms with van der Waals surface area (Å²) in [4.78, 5) is 0. The van der Waals surface area contributed by atoms with Gasteiger partial charge in [0.1, 0.15) is 0 Å². The summed E-state index contributed by atoms with van der Waals surface area (Å²) in [6.07, 6.45) is 11.3. The van der Waals surface area contributed by atoms with E-state index in [1.807, 2.05) is 0 Å². The average molecular weight is 212 g/mol. The highest BCUT2D eigenvalue weighted by Crippen LogP contribution is 2.33. The summed E-state index contributed by atoms with van der Waals surface area (Å²) >= 11 is 0. The Bertz CT molecular complexity index is 129. The molecule has 0 heteroatoms. The van der Waals surface area contributed by atoms with Gasteiger partial charge in [-0.25, -0.2) is 0 Å². The Balaban J connectivity index is 3.67. The first-order valence-electron chi connectivity index (χ1n) is 7.02. The van der Waals surface area contributed by atoms with Crippen molar-refractivity contribution in [1.29, 1.82) is 0 Å². The lowest BCUT2D eigenvalue weighted by atomic mass is 9.75. The van der Waals surface area contributed by atoms with Crippen molar-refractivity contribution in [2.45, 2.75) is 86.0 Å². The molecule has 0 aliphatic rings. The van der Waals surface area contributed by atoms with Crippen molar-refractivity contribution in [3.63, 3.8) is 0 Å². The van der Waals surface area contributed by atoms with Gasteiger partial charge in [0.15, 0.2) is 0 Å². The minimum absolute atomic E-state index is 0.515. The zero-order chi connectivity index (χ0) is 11.7. The Morgan fingerprint density at radius 2 is 1.33 bits per heavy atom. The topological polar surface area (TPSA) is 0 Å². The second-order valence-electron chi connectivity index (χ2n) is 6.05. The lowest BCUT2D eigenvalue weighted by Crippen LogP contribution is -2.20. The molecule has 0 fully saturated rings. The van der Waals surface area contributed by atoms with Crippen LogP contribution in [0.2, 0.25) is 0 Å². The molecule has 0 aromatic heterocycles. The van der Waals surface area contributed by atoms with Crippen molar-refractivity contribution in [3.8, 4) is 0 Å². The van der Waals surface area contributed by atoms with Crippen LogP contribution in [0.5, 0.6) is 0 Å². The third-order valence-electron chi connectivity index (χ3n) is 3.52. The number of unbranched alkanes of at least 4 members (excludes halogenated alkanes) is 4. The maximum absolute atomic E-state index is 2.40. The van der Waals surface area contributed by atoms with E-state index < -0.39 is 0 Å². The van der Waals surface area contributed by atoms with E-state index in [9.17, 15) is 0 Å². The van der Waals surface area contributed by atoms with Crippen molar-refractivity contribution in [2.75, 3.05) is 0 Å². The fourth-order valence-electron chi connectivity index (χ4n) is 2.35. The lowest BCUT2D eigenvalue weighted by Gasteiger charge is -2.30. The molecular weight excluding hydrogens is 180 g/mol. The van der Waals surface area contributed by atoms with Gasteiger partial charge in [-0.3, -0.25) is 0 Å². The Hall–Kier alpha value is 0. The van der Waals surface area contributed by atoms with Crippen LogP contribution in [0.1, 0.15) is 86.0 Å². The first kappa shape index (κ1) is 15.0. The van der Waals surface area contributed by atoms with E-state index >= 15 is 0 Å². The summed E-state index contributed by atoms with van der Waals surface area (Å²) in [5.74, 6) is 0.934. The van der Waals surface area contributed by atoms with E-state index in [4.69, 9.17) is 0 Å². The van der Waals surface area contributed by atoms with E-state index in [0.717, 1.165) is 5.92 Å². The van der Waals surface area contributed by atoms with Crippen LogP contribution < -0.4 is 0 Å². The predicted molar refractivity (Wildman–Crippen MR) is 71.2 cm³/mol. The molecule has 0 rings (SSSR count). The molecule has 15 heavy (non-hydrogen) atoms. The molecule has 92 valence electrons. The van der Waals surface area contributed by atoms with Crippen LogP contribution in [-0.4, -0.2) is 0 Å². The van der Waals surface area contributed by atoms with Gasteiger partial charge in [0.25, 0.3) is 0 Å². The second-order valence-corrected chi connectivity index (χ2v) is 6.05. The molecule has 0 aromatic carbocycles. The van der Waals surface area contributed by atoms with Gasteiger partial charge in [-0.2, -0.15) is 0 Å². The molecular formula is C15H32. The minimum Gasteiger partial charge on any atom is -0.0654 e. The second kappa shape index (κ2) is 8.19. The van der Waals surface area contributed by atoms with Crippen molar-refractivity contribution in [3.05, 3.63) is 0 Å². The van der Waals surface area contributed by atoms with E-state index in [-0.39, 0.29) is 0 Å². The Labute approximate surface area is 97.8 Å². The third-order valence-corrected chi connectivity index (χ3v) is 3.52. The highest BCUT2D eigenvalue weighted by atomic mass is 14.3. The minimum atomic E-state index is 0.515. The zero-order valence-corrected chi connectivity index (χ0v) is 11.7. The van der Waals surface area contributed by atoms with Gasteiger partial charge in [-0.1, -0.05) is 79.6 Å². The van der Waals surface area contributed by atoms with Crippen LogP contribution in [0.15, 0.2) is 0 Å². The summed E-state index contributed by atoms with van der Waals surface area (Å²) < 4.78 is 0. The molecule has 0 radical (unpaired) electrons. The van der Waals surface area contributed by atoms with Gasteiger partial charge in [-0.05, 0) is 17.8 Å². The van der Waals surface area contributed by atoms with Gasteiger partial charge in [0.2, 0.25) is 0 Å². The number of hydrogen-bond donors (Lipinski definition) is 0. The zero-order valence-electron chi connectivity index (χ0n) is 11.7. The van der Waals surface area contributed by atoms with E-state index in [1.54, 1.807) is 0 Å². The quantitative estimate of drug-likeness (QED) is 0.445. The van der Waals surface area contributed by atoms with Crippen LogP contribution >= 0.6 is 0 Å². The molecule has 1 atom stereocenters. The summed E-state index contributed by atoms with van der Waals surface area (Å²) in [5.41, 5.74) is 0.515. The number of hydrogen-bond acceptors (Lipinski definition) is 0. The van der Waals surface area contributed by atoms with Crippen LogP contribution in [0.3, 0.4) is 0 Å². The molecule has 1 unspecified atom stereocenters. The molecule has 0 heterocycles.